The number of esters is 3. The summed E-state index contributed by atoms with van der Waals surface area (Å²) in [7, 11) is 0. The molecule has 1 atom stereocenters. The minimum absolute atomic E-state index is 0.0960. The lowest BCUT2D eigenvalue weighted by atomic mass is 10.1. The van der Waals surface area contributed by atoms with E-state index in [1.807, 2.05) is 0 Å². The Morgan fingerprint density at radius 3 is 1.10 bits per heavy atom. The van der Waals surface area contributed by atoms with Gasteiger partial charge < -0.3 is 14.2 Å². The van der Waals surface area contributed by atoms with Crippen LogP contribution in [-0.2, 0) is 28.6 Å². The van der Waals surface area contributed by atoms with E-state index >= 15 is 0 Å². The summed E-state index contributed by atoms with van der Waals surface area (Å²) in [6.45, 7) is 6.49. The number of ether oxygens (including phenoxy) is 3. The summed E-state index contributed by atoms with van der Waals surface area (Å²) in [5, 5.41) is 0. The first-order valence-electron chi connectivity index (χ1n) is 24.5. The van der Waals surface area contributed by atoms with Gasteiger partial charge in [-0.15, -0.1) is 0 Å². The molecule has 59 heavy (non-hydrogen) atoms. The zero-order valence-electron chi connectivity index (χ0n) is 38.5. The monoisotopic (exact) mass is 823 g/mol. The summed E-state index contributed by atoms with van der Waals surface area (Å²) in [6, 6.07) is 0. The van der Waals surface area contributed by atoms with Gasteiger partial charge in [-0.1, -0.05) is 190 Å². The van der Waals surface area contributed by atoms with Crippen molar-refractivity contribution in [2.24, 2.45) is 0 Å². The molecule has 338 valence electrons. The van der Waals surface area contributed by atoms with E-state index in [9.17, 15) is 14.4 Å². The van der Waals surface area contributed by atoms with Gasteiger partial charge in [0.25, 0.3) is 0 Å². The lowest BCUT2D eigenvalue weighted by molar-refractivity contribution is -0.167. The van der Waals surface area contributed by atoms with Gasteiger partial charge in [0.1, 0.15) is 13.2 Å². The second-order valence-corrected chi connectivity index (χ2v) is 16.1. The smallest absolute Gasteiger partial charge is 0.306 e. The van der Waals surface area contributed by atoms with Gasteiger partial charge in [0.05, 0.1) is 0 Å². The summed E-state index contributed by atoms with van der Waals surface area (Å²) < 4.78 is 16.7. The first-order chi connectivity index (χ1) is 29.0. The van der Waals surface area contributed by atoms with Gasteiger partial charge in [0, 0.05) is 19.3 Å². The molecule has 0 fully saturated rings. The van der Waals surface area contributed by atoms with E-state index < -0.39 is 6.10 Å². The van der Waals surface area contributed by atoms with Crippen molar-refractivity contribution in [1.29, 1.82) is 0 Å². The van der Waals surface area contributed by atoms with E-state index in [-0.39, 0.29) is 31.1 Å². The predicted molar refractivity (Wildman–Crippen MR) is 251 cm³/mol. The highest BCUT2D eigenvalue weighted by molar-refractivity contribution is 5.71. The lowest BCUT2D eigenvalue weighted by Gasteiger charge is -2.18. The van der Waals surface area contributed by atoms with Gasteiger partial charge in [-0.05, 0) is 89.9 Å². The Labute approximate surface area is 363 Å². The third-order valence-corrected chi connectivity index (χ3v) is 10.2. The summed E-state index contributed by atoms with van der Waals surface area (Å²) in [5.41, 5.74) is 0. The number of carbonyl (C=O) groups is 3. The largest absolute Gasteiger partial charge is 0.462 e. The van der Waals surface area contributed by atoms with Crippen LogP contribution in [0.25, 0.3) is 0 Å². The van der Waals surface area contributed by atoms with E-state index in [0.29, 0.717) is 19.3 Å². The molecule has 0 rings (SSSR count). The predicted octanol–water partition coefficient (Wildman–Crippen LogP) is 15.9. The number of allylic oxidation sites excluding steroid dienone is 12. The van der Waals surface area contributed by atoms with Crippen LogP contribution in [0.1, 0.15) is 226 Å². The molecular weight excluding hydrogens is 733 g/mol. The Kier molecular flexibility index (Phi) is 45.0. The normalized spacial score (nSPS) is 12.7. The van der Waals surface area contributed by atoms with Gasteiger partial charge in [0.15, 0.2) is 6.10 Å². The van der Waals surface area contributed by atoms with Crippen molar-refractivity contribution >= 4 is 17.9 Å². The molecule has 6 nitrogen and oxygen atoms in total. The molecule has 0 bridgehead atoms. The average Bonchev–Trinajstić information content (AvgIpc) is 3.23. The molecule has 0 saturated carbocycles. The fourth-order valence-corrected chi connectivity index (χ4v) is 6.49. The maximum absolute atomic E-state index is 12.7. The molecule has 0 N–H and O–H groups in total. The van der Waals surface area contributed by atoms with Gasteiger partial charge in [-0.25, -0.2) is 0 Å². The molecule has 0 radical (unpaired) electrons. The number of hydrogen-bond donors (Lipinski definition) is 0. The van der Waals surface area contributed by atoms with Crippen molar-refractivity contribution in [1.82, 2.24) is 0 Å². The third-order valence-electron chi connectivity index (χ3n) is 10.2. The molecule has 0 aromatic rings. The Bertz CT molecular complexity index is 1130. The molecule has 0 amide bonds. The minimum atomic E-state index is -0.795. The quantitative estimate of drug-likeness (QED) is 0.0200. The molecule has 0 aromatic carbocycles. The van der Waals surface area contributed by atoms with Crippen molar-refractivity contribution in [2.75, 3.05) is 13.2 Å². The van der Waals surface area contributed by atoms with Crippen molar-refractivity contribution < 1.29 is 28.6 Å². The fourth-order valence-electron chi connectivity index (χ4n) is 6.49. The maximum atomic E-state index is 12.7. The molecule has 1 unspecified atom stereocenters. The topological polar surface area (TPSA) is 78.9 Å². The summed E-state index contributed by atoms with van der Waals surface area (Å²) in [4.78, 5) is 37.8. The summed E-state index contributed by atoms with van der Waals surface area (Å²) >= 11 is 0. The van der Waals surface area contributed by atoms with Crippen molar-refractivity contribution in [3.8, 4) is 0 Å². The molecule has 0 heterocycles. The Morgan fingerprint density at radius 1 is 0.339 bits per heavy atom. The van der Waals surface area contributed by atoms with E-state index in [1.54, 1.807) is 0 Å². The zero-order chi connectivity index (χ0) is 43.0. The molecule has 0 spiro atoms. The number of rotatable bonds is 43. The minimum Gasteiger partial charge on any atom is -0.462 e. The van der Waals surface area contributed by atoms with Gasteiger partial charge in [-0.2, -0.15) is 0 Å². The molecule has 0 aromatic heterocycles. The molecular formula is C53H90O6. The lowest BCUT2D eigenvalue weighted by Crippen LogP contribution is -2.30. The van der Waals surface area contributed by atoms with E-state index in [2.05, 4.69) is 93.7 Å². The highest BCUT2D eigenvalue weighted by Crippen LogP contribution is 2.13. The van der Waals surface area contributed by atoms with Crippen LogP contribution in [0.3, 0.4) is 0 Å². The molecule has 0 aliphatic rings. The van der Waals surface area contributed by atoms with Crippen LogP contribution in [0, 0.1) is 0 Å². The highest BCUT2D eigenvalue weighted by atomic mass is 16.6. The van der Waals surface area contributed by atoms with Crippen LogP contribution in [0.4, 0.5) is 0 Å². The van der Waals surface area contributed by atoms with E-state index in [4.69, 9.17) is 14.2 Å². The second-order valence-electron chi connectivity index (χ2n) is 16.1. The Morgan fingerprint density at radius 2 is 0.644 bits per heavy atom. The maximum Gasteiger partial charge on any atom is 0.306 e. The Balaban J connectivity index is 4.44. The first-order valence-corrected chi connectivity index (χ1v) is 24.5. The SMILES string of the molecule is CCCC/C=C\CCCCCCC(=O)OCC(COC(=O)CCCCCCC\C=C/C=C\C=C/C=C\CCCCC)OC(=O)CCCCC/C=C\CCCCCCCC. The number of unbranched alkanes of at least 4 members (excludes halogenated alkanes) is 23. The van der Waals surface area contributed by atoms with Crippen molar-refractivity contribution in [3.05, 3.63) is 72.9 Å². The van der Waals surface area contributed by atoms with Crippen LogP contribution >= 0.6 is 0 Å². The van der Waals surface area contributed by atoms with Crippen molar-refractivity contribution in [3.63, 3.8) is 0 Å². The van der Waals surface area contributed by atoms with Gasteiger partial charge >= 0.3 is 17.9 Å². The van der Waals surface area contributed by atoms with Crippen LogP contribution < -0.4 is 0 Å². The Hall–Kier alpha value is -3.15. The molecule has 0 saturated heterocycles. The third kappa shape index (κ3) is 45.8. The van der Waals surface area contributed by atoms with Crippen LogP contribution in [0.2, 0.25) is 0 Å². The standard InChI is InChI=1S/C53H90O6/c1-4-7-10-13-16-19-22-24-25-26-27-28-30-31-34-37-40-43-46-52(55)58-49-50(48-57-51(54)45-42-39-36-33-21-18-15-12-9-6-3)59-53(56)47-44-41-38-35-32-29-23-20-17-14-11-8-5-2/h15-16,18-19,22,24-29,32,50H,4-14,17,20-21,23,30-31,33-49H2,1-3H3/b18-15-,19-16-,24-22-,26-25-,28-27-,32-29-. The molecule has 6 heteroatoms. The molecule has 0 aliphatic heterocycles. The van der Waals surface area contributed by atoms with E-state index in [0.717, 1.165) is 116 Å². The summed E-state index contributed by atoms with van der Waals surface area (Å²) in [6.07, 6.45) is 58.8. The second kappa shape index (κ2) is 47.5. The summed E-state index contributed by atoms with van der Waals surface area (Å²) in [5.74, 6) is -0.951. The van der Waals surface area contributed by atoms with E-state index in [1.165, 1.54) is 70.6 Å². The zero-order valence-corrected chi connectivity index (χ0v) is 38.5. The molecule has 0 aliphatic carbocycles. The van der Waals surface area contributed by atoms with Crippen molar-refractivity contribution in [2.45, 2.75) is 232 Å². The number of carbonyl (C=O) groups excluding carboxylic acids is 3. The van der Waals surface area contributed by atoms with Gasteiger partial charge in [-0.3, -0.25) is 14.4 Å². The fraction of sp³-hybridized carbons (Fsp3) is 0.717. The van der Waals surface area contributed by atoms with Crippen LogP contribution in [-0.4, -0.2) is 37.2 Å². The first kappa shape index (κ1) is 55.9. The van der Waals surface area contributed by atoms with Gasteiger partial charge in [0.2, 0.25) is 0 Å². The number of hydrogen-bond acceptors (Lipinski definition) is 6. The van der Waals surface area contributed by atoms with Crippen LogP contribution in [0.15, 0.2) is 72.9 Å². The van der Waals surface area contributed by atoms with Crippen LogP contribution in [0.5, 0.6) is 0 Å². The highest BCUT2D eigenvalue weighted by Gasteiger charge is 2.19. The average molecular weight is 823 g/mol.